The van der Waals surface area contributed by atoms with Gasteiger partial charge in [0.15, 0.2) is 0 Å². The van der Waals surface area contributed by atoms with Gasteiger partial charge in [0.25, 0.3) is 0 Å². The van der Waals surface area contributed by atoms with Gasteiger partial charge in [0.05, 0.1) is 0 Å². The van der Waals surface area contributed by atoms with Gasteiger partial charge in [-0.05, 0) is 19.5 Å². The van der Waals surface area contributed by atoms with Crippen LogP contribution in [0, 0.1) is 0 Å². The Morgan fingerprint density at radius 1 is 1.29 bits per heavy atom. The molecular formula is C14H22N2O. The van der Waals surface area contributed by atoms with Crippen molar-refractivity contribution in [2.45, 2.75) is 25.9 Å². The minimum Gasteiger partial charge on any atom is -0.508 e. The Kier molecular flexibility index (Phi) is 4.02. The molecule has 17 heavy (non-hydrogen) atoms. The summed E-state index contributed by atoms with van der Waals surface area (Å²) in [5.41, 5.74) is 1.03. The van der Waals surface area contributed by atoms with Crippen molar-refractivity contribution < 1.29 is 5.11 Å². The lowest BCUT2D eigenvalue weighted by Gasteiger charge is -2.39. The third-order valence-electron chi connectivity index (χ3n) is 3.72. The van der Waals surface area contributed by atoms with E-state index in [1.54, 1.807) is 6.07 Å². The summed E-state index contributed by atoms with van der Waals surface area (Å²) in [7, 11) is 2.20. The fourth-order valence-corrected chi connectivity index (χ4v) is 2.48. The van der Waals surface area contributed by atoms with E-state index in [2.05, 4.69) is 23.8 Å². The summed E-state index contributed by atoms with van der Waals surface area (Å²) in [6.07, 6.45) is 1.19. The number of rotatable bonds is 3. The molecule has 0 amide bonds. The highest BCUT2D eigenvalue weighted by atomic mass is 16.3. The summed E-state index contributed by atoms with van der Waals surface area (Å²) in [4.78, 5) is 4.87. The van der Waals surface area contributed by atoms with Gasteiger partial charge in [0, 0.05) is 37.8 Å². The minimum atomic E-state index is 0.416. The Morgan fingerprint density at radius 3 is 2.76 bits per heavy atom. The molecule has 3 nitrogen and oxygen atoms in total. The average molecular weight is 234 g/mol. The topological polar surface area (TPSA) is 26.7 Å². The van der Waals surface area contributed by atoms with Crippen molar-refractivity contribution in [3.8, 4) is 5.75 Å². The van der Waals surface area contributed by atoms with E-state index in [0.717, 1.165) is 31.7 Å². The molecule has 1 aromatic carbocycles. The number of hydrogen-bond donors (Lipinski definition) is 1. The normalized spacial score (nSPS) is 22.8. The van der Waals surface area contributed by atoms with E-state index >= 15 is 0 Å². The van der Waals surface area contributed by atoms with Crippen LogP contribution in [0.3, 0.4) is 0 Å². The average Bonchev–Trinajstić information content (AvgIpc) is 2.34. The first-order valence-electron chi connectivity index (χ1n) is 6.40. The number of para-hydroxylation sites is 1. The highest BCUT2D eigenvalue weighted by Gasteiger charge is 2.23. The van der Waals surface area contributed by atoms with Crippen molar-refractivity contribution in [2.75, 3.05) is 26.7 Å². The number of aromatic hydroxyl groups is 1. The molecule has 1 unspecified atom stereocenters. The van der Waals surface area contributed by atoms with Crippen molar-refractivity contribution in [3.63, 3.8) is 0 Å². The fourth-order valence-electron chi connectivity index (χ4n) is 2.48. The molecular weight excluding hydrogens is 212 g/mol. The fraction of sp³-hybridized carbons (Fsp3) is 0.571. The Morgan fingerprint density at radius 2 is 2.06 bits per heavy atom. The largest absolute Gasteiger partial charge is 0.508 e. The molecule has 0 bridgehead atoms. The summed E-state index contributed by atoms with van der Waals surface area (Å²) in [5, 5.41) is 9.78. The molecule has 1 heterocycles. The van der Waals surface area contributed by atoms with E-state index in [1.165, 1.54) is 6.42 Å². The van der Waals surface area contributed by atoms with Crippen molar-refractivity contribution in [2.24, 2.45) is 0 Å². The molecule has 0 saturated carbocycles. The molecule has 1 aliphatic rings. The molecule has 94 valence electrons. The zero-order chi connectivity index (χ0) is 12.3. The van der Waals surface area contributed by atoms with Crippen LogP contribution >= 0.6 is 0 Å². The lowest BCUT2D eigenvalue weighted by Crippen LogP contribution is -2.50. The van der Waals surface area contributed by atoms with E-state index in [1.807, 2.05) is 18.2 Å². The van der Waals surface area contributed by atoms with Crippen LogP contribution in [0.1, 0.15) is 18.9 Å². The lowest BCUT2D eigenvalue weighted by atomic mass is 10.1. The quantitative estimate of drug-likeness (QED) is 0.865. The van der Waals surface area contributed by atoms with Crippen LogP contribution in [0.5, 0.6) is 5.75 Å². The molecule has 1 saturated heterocycles. The number of phenolic OH excluding ortho intramolecular Hbond substituents is 1. The SMILES string of the molecule is CCC1CN(Cc2ccccc2O)CCN1C. The predicted molar refractivity (Wildman–Crippen MR) is 70.1 cm³/mol. The molecule has 2 rings (SSSR count). The van der Waals surface area contributed by atoms with Crippen molar-refractivity contribution in [1.82, 2.24) is 9.80 Å². The highest BCUT2D eigenvalue weighted by Crippen LogP contribution is 2.20. The van der Waals surface area contributed by atoms with Gasteiger partial charge in [-0.1, -0.05) is 25.1 Å². The molecule has 1 N–H and O–H groups in total. The molecule has 0 radical (unpaired) electrons. The highest BCUT2D eigenvalue weighted by molar-refractivity contribution is 5.31. The number of hydrogen-bond acceptors (Lipinski definition) is 3. The summed E-state index contributed by atoms with van der Waals surface area (Å²) in [6.45, 7) is 6.40. The summed E-state index contributed by atoms with van der Waals surface area (Å²) in [5.74, 6) is 0.416. The first kappa shape index (κ1) is 12.4. The predicted octanol–water partition coefficient (Wildman–Crippen LogP) is 1.92. The van der Waals surface area contributed by atoms with E-state index in [4.69, 9.17) is 0 Å². The van der Waals surface area contributed by atoms with Crippen LogP contribution in [0.2, 0.25) is 0 Å². The maximum Gasteiger partial charge on any atom is 0.120 e. The molecule has 1 fully saturated rings. The molecule has 0 aromatic heterocycles. The third kappa shape index (κ3) is 2.99. The lowest BCUT2D eigenvalue weighted by molar-refractivity contribution is 0.0878. The summed E-state index contributed by atoms with van der Waals surface area (Å²) in [6, 6.07) is 8.28. The number of piperazine rings is 1. The number of nitrogens with zero attached hydrogens (tertiary/aromatic N) is 2. The zero-order valence-electron chi connectivity index (χ0n) is 10.8. The molecule has 1 aromatic rings. The first-order chi connectivity index (χ1) is 8.20. The molecule has 3 heteroatoms. The summed E-state index contributed by atoms with van der Waals surface area (Å²) < 4.78 is 0. The van der Waals surface area contributed by atoms with Crippen LogP contribution in [-0.4, -0.2) is 47.6 Å². The van der Waals surface area contributed by atoms with E-state index < -0.39 is 0 Å². The van der Waals surface area contributed by atoms with Gasteiger partial charge in [0.1, 0.15) is 5.75 Å². The van der Waals surface area contributed by atoms with Crippen LogP contribution in [0.15, 0.2) is 24.3 Å². The maximum atomic E-state index is 9.78. The van der Waals surface area contributed by atoms with Crippen LogP contribution in [0.25, 0.3) is 0 Å². The number of likely N-dealkylation sites (N-methyl/N-ethyl adjacent to an activating group) is 1. The summed E-state index contributed by atoms with van der Waals surface area (Å²) >= 11 is 0. The van der Waals surface area contributed by atoms with E-state index in [0.29, 0.717) is 11.8 Å². The Bertz CT molecular complexity index is 367. The smallest absolute Gasteiger partial charge is 0.120 e. The van der Waals surface area contributed by atoms with Gasteiger partial charge in [0.2, 0.25) is 0 Å². The van der Waals surface area contributed by atoms with Crippen molar-refractivity contribution in [1.29, 1.82) is 0 Å². The molecule has 0 spiro atoms. The maximum absolute atomic E-state index is 9.78. The van der Waals surface area contributed by atoms with Crippen LogP contribution < -0.4 is 0 Å². The van der Waals surface area contributed by atoms with Gasteiger partial charge in [-0.2, -0.15) is 0 Å². The number of phenols is 1. The third-order valence-corrected chi connectivity index (χ3v) is 3.72. The standard InChI is InChI=1S/C14H22N2O/c1-3-13-11-16(9-8-15(13)2)10-12-6-4-5-7-14(12)17/h4-7,13,17H,3,8-11H2,1-2H3. The molecule has 0 aliphatic carbocycles. The van der Waals surface area contributed by atoms with Crippen LogP contribution in [0.4, 0.5) is 0 Å². The monoisotopic (exact) mass is 234 g/mol. The zero-order valence-corrected chi connectivity index (χ0v) is 10.8. The Labute approximate surface area is 104 Å². The van der Waals surface area contributed by atoms with Crippen LogP contribution in [-0.2, 0) is 6.54 Å². The second-order valence-corrected chi connectivity index (χ2v) is 4.91. The molecule has 1 aliphatic heterocycles. The first-order valence-corrected chi connectivity index (χ1v) is 6.40. The van der Waals surface area contributed by atoms with Gasteiger partial charge in [-0.25, -0.2) is 0 Å². The van der Waals surface area contributed by atoms with E-state index in [-0.39, 0.29) is 0 Å². The second kappa shape index (κ2) is 5.52. The van der Waals surface area contributed by atoms with Crippen molar-refractivity contribution >= 4 is 0 Å². The van der Waals surface area contributed by atoms with Gasteiger partial charge >= 0.3 is 0 Å². The van der Waals surface area contributed by atoms with Gasteiger partial charge in [-0.15, -0.1) is 0 Å². The second-order valence-electron chi connectivity index (χ2n) is 4.91. The van der Waals surface area contributed by atoms with E-state index in [9.17, 15) is 5.11 Å². The number of benzene rings is 1. The minimum absolute atomic E-state index is 0.416. The Balaban J connectivity index is 1.98. The van der Waals surface area contributed by atoms with Gasteiger partial charge in [-0.3, -0.25) is 4.90 Å². The van der Waals surface area contributed by atoms with Crippen molar-refractivity contribution in [3.05, 3.63) is 29.8 Å². The van der Waals surface area contributed by atoms with Gasteiger partial charge < -0.3 is 10.0 Å². The Hall–Kier alpha value is -1.06. The molecule has 1 atom stereocenters.